The molecule has 0 aliphatic carbocycles. The lowest BCUT2D eigenvalue weighted by molar-refractivity contribution is 0.0526. The first-order chi connectivity index (χ1) is 7.07. The van der Waals surface area contributed by atoms with Gasteiger partial charge in [-0.1, -0.05) is 18.2 Å². The summed E-state index contributed by atoms with van der Waals surface area (Å²) in [6, 6.07) is 4.87. The predicted octanol–water partition coefficient (Wildman–Crippen LogP) is -0.148. The molecule has 0 heterocycles. The van der Waals surface area contributed by atoms with Crippen LogP contribution in [0.4, 0.5) is 0 Å². The zero-order valence-corrected chi connectivity index (χ0v) is 8.73. The Morgan fingerprint density at radius 1 is 1.47 bits per heavy atom. The van der Waals surface area contributed by atoms with E-state index in [4.69, 9.17) is 14.8 Å². The van der Waals surface area contributed by atoms with Gasteiger partial charge in [0.25, 0.3) is 0 Å². The van der Waals surface area contributed by atoms with Crippen LogP contribution in [0.2, 0.25) is 0 Å². The topological polar surface area (TPSA) is 66.8 Å². The number of aryl methyl sites for hydroxylation is 1. The second-order valence-electron chi connectivity index (χ2n) is 3.13. The summed E-state index contributed by atoms with van der Waals surface area (Å²) in [7, 11) is -1.66. The van der Waals surface area contributed by atoms with E-state index in [0.717, 1.165) is 0 Å². The Morgan fingerprint density at radius 2 is 2.13 bits per heavy atom. The average Bonchev–Trinajstić information content (AvgIpc) is 2.17. The molecule has 0 aliphatic heterocycles. The number of ether oxygens (including phenoxy) is 1. The number of carbonyl (C=O) groups excluding carboxylic acids is 1. The molecule has 0 bridgehead atoms. The van der Waals surface area contributed by atoms with Gasteiger partial charge in [-0.05, 0) is 24.9 Å². The highest BCUT2D eigenvalue weighted by Gasteiger charge is 2.22. The van der Waals surface area contributed by atoms with E-state index in [0.29, 0.717) is 5.56 Å². The summed E-state index contributed by atoms with van der Waals surface area (Å²) in [5.74, 6) is -0.529. The standard InChI is InChI=1S/C10H13BO4/c1-3-15-10(12)9-7(2)5-4-6-8(9)11(13)14/h4-6,13-14H,3H2,1-2H3. The Labute approximate surface area is 88.6 Å². The van der Waals surface area contributed by atoms with Gasteiger partial charge in [0.2, 0.25) is 0 Å². The molecule has 0 saturated carbocycles. The van der Waals surface area contributed by atoms with Crippen LogP contribution in [0.5, 0.6) is 0 Å². The minimum atomic E-state index is -1.66. The Morgan fingerprint density at radius 3 is 2.67 bits per heavy atom. The van der Waals surface area contributed by atoms with Crippen LogP contribution in [0.3, 0.4) is 0 Å². The van der Waals surface area contributed by atoms with Gasteiger partial charge in [-0.3, -0.25) is 0 Å². The Balaban J connectivity index is 3.18. The van der Waals surface area contributed by atoms with Gasteiger partial charge in [0, 0.05) is 0 Å². The first-order valence-electron chi connectivity index (χ1n) is 4.70. The molecule has 4 nitrogen and oxygen atoms in total. The molecule has 0 atom stereocenters. The molecule has 1 rings (SSSR count). The monoisotopic (exact) mass is 208 g/mol. The number of rotatable bonds is 3. The lowest BCUT2D eigenvalue weighted by Gasteiger charge is -2.10. The predicted molar refractivity (Wildman–Crippen MR) is 57.0 cm³/mol. The van der Waals surface area contributed by atoms with Gasteiger partial charge in [-0.2, -0.15) is 0 Å². The summed E-state index contributed by atoms with van der Waals surface area (Å²) >= 11 is 0. The minimum Gasteiger partial charge on any atom is -0.462 e. The van der Waals surface area contributed by atoms with E-state index in [1.165, 1.54) is 6.07 Å². The van der Waals surface area contributed by atoms with E-state index < -0.39 is 13.1 Å². The van der Waals surface area contributed by atoms with Crippen molar-refractivity contribution in [2.75, 3.05) is 6.61 Å². The van der Waals surface area contributed by atoms with Crippen LogP contribution in [0, 0.1) is 6.92 Å². The number of hydrogen-bond acceptors (Lipinski definition) is 4. The Hall–Kier alpha value is -1.33. The van der Waals surface area contributed by atoms with Crippen molar-refractivity contribution in [3.8, 4) is 0 Å². The summed E-state index contributed by atoms with van der Waals surface area (Å²) in [6.45, 7) is 3.68. The number of esters is 1. The summed E-state index contributed by atoms with van der Waals surface area (Å²) < 4.78 is 4.84. The van der Waals surface area contributed by atoms with Gasteiger partial charge in [-0.25, -0.2) is 4.79 Å². The second-order valence-corrected chi connectivity index (χ2v) is 3.13. The maximum absolute atomic E-state index is 11.5. The fourth-order valence-corrected chi connectivity index (χ4v) is 1.39. The van der Waals surface area contributed by atoms with Crippen LogP contribution >= 0.6 is 0 Å². The van der Waals surface area contributed by atoms with Crippen LogP contribution in [0.25, 0.3) is 0 Å². The quantitative estimate of drug-likeness (QED) is 0.535. The van der Waals surface area contributed by atoms with Gasteiger partial charge >= 0.3 is 13.1 Å². The molecular formula is C10H13BO4. The van der Waals surface area contributed by atoms with E-state index in [2.05, 4.69) is 0 Å². The highest BCUT2D eigenvalue weighted by atomic mass is 16.5. The Kier molecular flexibility index (Phi) is 3.88. The molecule has 0 amide bonds. The zero-order chi connectivity index (χ0) is 11.4. The molecule has 1 aromatic rings. The zero-order valence-electron chi connectivity index (χ0n) is 8.73. The first kappa shape index (κ1) is 11.7. The van der Waals surface area contributed by atoms with E-state index in [1.807, 2.05) is 0 Å². The van der Waals surface area contributed by atoms with Crippen molar-refractivity contribution < 1.29 is 19.6 Å². The summed E-state index contributed by atoms with van der Waals surface area (Å²) in [5.41, 5.74) is 1.07. The third-order valence-electron chi connectivity index (χ3n) is 2.06. The van der Waals surface area contributed by atoms with Crippen molar-refractivity contribution in [3.63, 3.8) is 0 Å². The van der Waals surface area contributed by atoms with Crippen molar-refractivity contribution in [2.45, 2.75) is 13.8 Å². The largest absolute Gasteiger partial charge is 0.489 e. The highest BCUT2D eigenvalue weighted by Crippen LogP contribution is 2.07. The maximum Gasteiger partial charge on any atom is 0.489 e. The van der Waals surface area contributed by atoms with E-state index >= 15 is 0 Å². The van der Waals surface area contributed by atoms with Gasteiger partial charge in [-0.15, -0.1) is 0 Å². The van der Waals surface area contributed by atoms with Crippen LogP contribution in [-0.4, -0.2) is 29.7 Å². The highest BCUT2D eigenvalue weighted by molar-refractivity contribution is 6.60. The Bertz CT molecular complexity index is 362. The number of benzene rings is 1. The van der Waals surface area contributed by atoms with Gasteiger partial charge < -0.3 is 14.8 Å². The molecule has 0 saturated heterocycles. The van der Waals surface area contributed by atoms with Crippen LogP contribution < -0.4 is 5.46 Å². The molecule has 0 spiro atoms. The van der Waals surface area contributed by atoms with Crippen LogP contribution in [0.15, 0.2) is 18.2 Å². The maximum atomic E-state index is 11.5. The van der Waals surface area contributed by atoms with Gasteiger partial charge in [0.15, 0.2) is 0 Å². The third-order valence-corrected chi connectivity index (χ3v) is 2.06. The van der Waals surface area contributed by atoms with E-state index in [-0.39, 0.29) is 17.6 Å². The van der Waals surface area contributed by atoms with Gasteiger partial charge in [0.05, 0.1) is 12.2 Å². The number of hydrogen-bond donors (Lipinski definition) is 2. The van der Waals surface area contributed by atoms with Crippen molar-refractivity contribution in [1.29, 1.82) is 0 Å². The normalized spacial score (nSPS) is 9.87. The molecule has 5 heteroatoms. The van der Waals surface area contributed by atoms with E-state index in [9.17, 15) is 4.79 Å². The van der Waals surface area contributed by atoms with Crippen molar-refractivity contribution in [3.05, 3.63) is 29.3 Å². The molecule has 0 radical (unpaired) electrons. The molecule has 2 N–H and O–H groups in total. The smallest absolute Gasteiger partial charge is 0.462 e. The van der Waals surface area contributed by atoms with E-state index in [1.54, 1.807) is 26.0 Å². The molecule has 80 valence electrons. The lowest BCUT2D eigenvalue weighted by atomic mass is 9.76. The van der Waals surface area contributed by atoms with Crippen molar-refractivity contribution in [2.24, 2.45) is 0 Å². The summed E-state index contributed by atoms with van der Waals surface area (Å²) in [6.07, 6.45) is 0. The third kappa shape index (κ3) is 2.58. The molecule has 0 unspecified atom stereocenters. The molecule has 0 aromatic heterocycles. The minimum absolute atomic E-state index is 0.174. The van der Waals surface area contributed by atoms with Crippen LogP contribution in [-0.2, 0) is 4.74 Å². The molecule has 0 fully saturated rings. The summed E-state index contributed by atoms with van der Waals surface area (Å²) in [4.78, 5) is 11.5. The van der Waals surface area contributed by atoms with Gasteiger partial charge in [0.1, 0.15) is 0 Å². The lowest BCUT2D eigenvalue weighted by Crippen LogP contribution is -2.35. The number of carbonyl (C=O) groups is 1. The van der Waals surface area contributed by atoms with Crippen molar-refractivity contribution >= 4 is 18.6 Å². The summed E-state index contributed by atoms with van der Waals surface area (Å²) in [5, 5.41) is 18.2. The van der Waals surface area contributed by atoms with Crippen LogP contribution in [0.1, 0.15) is 22.8 Å². The fraction of sp³-hybridized carbons (Fsp3) is 0.300. The average molecular weight is 208 g/mol. The van der Waals surface area contributed by atoms with Crippen molar-refractivity contribution in [1.82, 2.24) is 0 Å². The molecule has 15 heavy (non-hydrogen) atoms. The first-order valence-corrected chi connectivity index (χ1v) is 4.70. The molecular weight excluding hydrogens is 195 g/mol. The molecule has 1 aromatic carbocycles. The SMILES string of the molecule is CCOC(=O)c1c(C)cccc1B(O)O. The fourth-order valence-electron chi connectivity index (χ4n) is 1.39. The second kappa shape index (κ2) is 4.95. The molecule has 0 aliphatic rings.